The van der Waals surface area contributed by atoms with E-state index in [-0.39, 0.29) is 48.6 Å². The molecule has 10 nitrogen and oxygen atoms in total. The molecular weight excluding hydrogens is 542 g/mol. The van der Waals surface area contributed by atoms with E-state index in [0.717, 1.165) is 0 Å². The van der Waals surface area contributed by atoms with E-state index in [1.165, 1.54) is 40.6 Å². The van der Waals surface area contributed by atoms with Crippen LogP contribution in [0.1, 0.15) is 22.3 Å². The van der Waals surface area contributed by atoms with Crippen molar-refractivity contribution in [2.45, 2.75) is 23.9 Å². The number of ether oxygens (including phenoxy) is 1. The SMILES string of the molecule is COC(=O)c1ccc(CN(C2CCN(C(=O)N3CCS(=O)(=O)CC3)C2)S(=O)(=O)c2ccc(Cl)cc2)cc1. The molecule has 2 heterocycles. The second-order valence-electron chi connectivity index (χ2n) is 9.00. The first-order chi connectivity index (χ1) is 17.5. The number of carbonyl (C=O) groups is 2. The number of sulfonamides is 1. The Morgan fingerprint density at radius 1 is 1.00 bits per heavy atom. The molecule has 4 rings (SSSR count). The number of benzene rings is 2. The van der Waals surface area contributed by atoms with Crippen LogP contribution in [0.3, 0.4) is 0 Å². The van der Waals surface area contributed by atoms with Gasteiger partial charge in [0.15, 0.2) is 9.84 Å². The van der Waals surface area contributed by atoms with Gasteiger partial charge in [0.1, 0.15) is 0 Å². The summed E-state index contributed by atoms with van der Waals surface area (Å²) >= 11 is 5.96. The topological polar surface area (TPSA) is 121 Å². The van der Waals surface area contributed by atoms with Crippen molar-refractivity contribution >= 4 is 43.5 Å². The predicted molar refractivity (Wildman–Crippen MR) is 138 cm³/mol. The van der Waals surface area contributed by atoms with Crippen molar-refractivity contribution in [2.24, 2.45) is 0 Å². The molecule has 2 saturated heterocycles. The van der Waals surface area contributed by atoms with Gasteiger partial charge in [-0.25, -0.2) is 26.4 Å². The molecule has 0 bridgehead atoms. The molecule has 0 aromatic heterocycles. The van der Waals surface area contributed by atoms with Gasteiger partial charge in [0, 0.05) is 43.8 Å². The van der Waals surface area contributed by atoms with Crippen LogP contribution < -0.4 is 0 Å². The van der Waals surface area contributed by atoms with Crippen molar-refractivity contribution < 1.29 is 31.2 Å². The van der Waals surface area contributed by atoms with Crippen molar-refractivity contribution in [2.75, 3.05) is 44.8 Å². The van der Waals surface area contributed by atoms with Crippen LogP contribution in [0.25, 0.3) is 0 Å². The summed E-state index contributed by atoms with van der Waals surface area (Å²) in [6.45, 7) is 0.806. The molecule has 1 atom stereocenters. The minimum Gasteiger partial charge on any atom is -0.465 e. The molecule has 0 radical (unpaired) electrons. The number of likely N-dealkylation sites (tertiary alicyclic amines) is 1. The van der Waals surface area contributed by atoms with Gasteiger partial charge >= 0.3 is 12.0 Å². The highest BCUT2D eigenvalue weighted by atomic mass is 35.5. The number of hydrogen-bond donors (Lipinski definition) is 0. The summed E-state index contributed by atoms with van der Waals surface area (Å²) < 4.78 is 57.0. The smallest absolute Gasteiger partial charge is 0.337 e. The Morgan fingerprint density at radius 2 is 1.62 bits per heavy atom. The maximum atomic E-state index is 13.7. The highest BCUT2D eigenvalue weighted by molar-refractivity contribution is 7.91. The molecule has 2 aromatic carbocycles. The monoisotopic (exact) mass is 569 g/mol. The lowest BCUT2D eigenvalue weighted by Gasteiger charge is -2.32. The van der Waals surface area contributed by atoms with Gasteiger partial charge in [0.05, 0.1) is 29.1 Å². The van der Waals surface area contributed by atoms with Crippen LogP contribution in [0.5, 0.6) is 0 Å². The predicted octanol–water partition coefficient (Wildman–Crippen LogP) is 2.24. The Balaban J connectivity index is 1.57. The molecule has 200 valence electrons. The van der Waals surface area contributed by atoms with Gasteiger partial charge in [-0.3, -0.25) is 0 Å². The maximum Gasteiger partial charge on any atom is 0.337 e. The zero-order valence-electron chi connectivity index (χ0n) is 20.2. The summed E-state index contributed by atoms with van der Waals surface area (Å²) in [4.78, 5) is 28.0. The van der Waals surface area contributed by atoms with Crippen LogP contribution in [0.2, 0.25) is 5.02 Å². The zero-order chi connectivity index (χ0) is 26.8. The van der Waals surface area contributed by atoms with Gasteiger partial charge in [-0.15, -0.1) is 0 Å². The molecule has 0 N–H and O–H groups in total. The van der Waals surface area contributed by atoms with Crippen molar-refractivity contribution in [3.8, 4) is 0 Å². The maximum absolute atomic E-state index is 13.7. The fourth-order valence-electron chi connectivity index (χ4n) is 4.45. The molecule has 2 aromatic rings. The Kier molecular flexibility index (Phi) is 8.12. The fraction of sp³-hybridized carbons (Fsp3) is 0.417. The first-order valence-electron chi connectivity index (χ1n) is 11.7. The van der Waals surface area contributed by atoms with E-state index in [2.05, 4.69) is 0 Å². The van der Waals surface area contributed by atoms with E-state index < -0.39 is 31.9 Å². The van der Waals surface area contributed by atoms with Gasteiger partial charge in [-0.2, -0.15) is 4.31 Å². The van der Waals surface area contributed by atoms with Gasteiger partial charge in [-0.05, 0) is 48.4 Å². The number of halogens is 1. The van der Waals surface area contributed by atoms with E-state index in [9.17, 15) is 26.4 Å². The molecule has 0 saturated carbocycles. The van der Waals surface area contributed by atoms with Crippen molar-refractivity contribution in [3.63, 3.8) is 0 Å². The van der Waals surface area contributed by atoms with Gasteiger partial charge in [0.25, 0.3) is 0 Å². The van der Waals surface area contributed by atoms with Crippen LogP contribution >= 0.6 is 11.6 Å². The fourth-order valence-corrected chi connectivity index (χ4v) is 7.41. The van der Waals surface area contributed by atoms with Gasteiger partial charge < -0.3 is 14.5 Å². The van der Waals surface area contributed by atoms with E-state index in [1.54, 1.807) is 29.2 Å². The van der Waals surface area contributed by atoms with Crippen molar-refractivity contribution in [1.82, 2.24) is 14.1 Å². The second-order valence-corrected chi connectivity index (χ2v) is 13.6. The molecule has 0 aliphatic carbocycles. The molecule has 2 aliphatic heterocycles. The van der Waals surface area contributed by atoms with Crippen LogP contribution in [0.15, 0.2) is 53.4 Å². The third-order valence-electron chi connectivity index (χ3n) is 6.59. The van der Waals surface area contributed by atoms with E-state index in [4.69, 9.17) is 16.3 Å². The summed E-state index contributed by atoms with van der Waals surface area (Å²) in [6.07, 6.45) is 0.422. The summed E-state index contributed by atoms with van der Waals surface area (Å²) in [5.41, 5.74) is 1.01. The van der Waals surface area contributed by atoms with Crippen LogP contribution in [0, 0.1) is 0 Å². The number of methoxy groups -OCH3 is 1. The molecule has 2 amide bonds. The number of sulfone groups is 1. The second kappa shape index (κ2) is 11.0. The zero-order valence-corrected chi connectivity index (χ0v) is 22.6. The molecule has 37 heavy (non-hydrogen) atoms. The normalized spacial score (nSPS) is 19.7. The Hall–Kier alpha value is -2.67. The lowest BCUT2D eigenvalue weighted by Crippen LogP contribution is -2.50. The number of amides is 2. The number of rotatable bonds is 6. The minimum absolute atomic E-state index is 0.0288. The summed E-state index contributed by atoms with van der Waals surface area (Å²) in [7, 11) is -5.82. The lowest BCUT2D eigenvalue weighted by molar-refractivity contribution is 0.0600. The van der Waals surface area contributed by atoms with E-state index >= 15 is 0 Å². The van der Waals surface area contributed by atoms with Crippen LogP contribution in [-0.2, 0) is 31.1 Å². The summed E-state index contributed by atoms with van der Waals surface area (Å²) in [5, 5.41) is 0.407. The average Bonchev–Trinajstić information content (AvgIpc) is 3.36. The standard InChI is InChI=1S/C24H28ClN3O7S2/c1-35-23(29)19-4-2-18(3-5-19)16-28(37(33,34)22-8-6-20(25)7-9-22)21-10-11-27(17-21)24(30)26-12-14-36(31,32)15-13-26/h2-9,21H,10-17H2,1H3. The molecule has 0 spiro atoms. The third kappa shape index (κ3) is 6.25. The summed E-state index contributed by atoms with van der Waals surface area (Å²) in [6, 6.07) is 11.6. The Labute approximate surface area is 221 Å². The van der Waals surface area contributed by atoms with E-state index in [0.29, 0.717) is 29.1 Å². The molecule has 1 unspecified atom stereocenters. The third-order valence-corrected chi connectivity index (χ3v) is 10.4. The van der Waals surface area contributed by atoms with Gasteiger partial charge in [-0.1, -0.05) is 23.7 Å². The lowest BCUT2D eigenvalue weighted by atomic mass is 10.1. The van der Waals surface area contributed by atoms with E-state index in [1.807, 2.05) is 0 Å². The quantitative estimate of drug-likeness (QED) is 0.489. The van der Waals surface area contributed by atoms with Crippen molar-refractivity contribution in [1.29, 1.82) is 0 Å². The number of nitrogens with zero attached hydrogens (tertiary/aromatic N) is 3. The van der Waals surface area contributed by atoms with Crippen molar-refractivity contribution in [3.05, 3.63) is 64.7 Å². The number of carbonyl (C=O) groups excluding carboxylic acids is 2. The highest BCUT2D eigenvalue weighted by Gasteiger charge is 2.39. The van der Waals surface area contributed by atoms with Crippen LogP contribution in [-0.4, -0.2) is 93.8 Å². The Morgan fingerprint density at radius 3 is 2.22 bits per heavy atom. The number of esters is 1. The van der Waals surface area contributed by atoms with Gasteiger partial charge in [0.2, 0.25) is 10.0 Å². The number of hydrogen-bond acceptors (Lipinski definition) is 7. The first-order valence-corrected chi connectivity index (χ1v) is 15.3. The molecule has 13 heteroatoms. The minimum atomic E-state index is -3.97. The highest BCUT2D eigenvalue weighted by Crippen LogP contribution is 2.28. The average molecular weight is 570 g/mol. The molecular formula is C24H28ClN3O7S2. The van der Waals surface area contributed by atoms with Crippen LogP contribution in [0.4, 0.5) is 4.79 Å². The Bertz CT molecular complexity index is 1350. The molecule has 2 fully saturated rings. The largest absolute Gasteiger partial charge is 0.465 e. The first kappa shape index (κ1) is 27.4. The number of urea groups is 1. The molecule has 2 aliphatic rings. The summed E-state index contributed by atoms with van der Waals surface area (Å²) in [5.74, 6) is -0.642.